The zero-order chi connectivity index (χ0) is 22.4. The normalized spacial score (nSPS) is 15.8. The van der Waals surface area contributed by atoms with Crippen molar-refractivity contribution in [1.82, 2.24) is 5.32 Å². The van der Waals surface area contributed by atoms with E-state index in [1.54, 1.807) is 18.2 Å². The van der Waals surface area contributed by atoms with Gasteiger partial charge in [-0.2, -0.15) is 0 Å². The molecule has 0 atom stereocenters. The highest BCUT2D eigenvalue weighted by atomic mass is 79.9. The van der Waals surface area contributed by atoms with Crippen molar-refractivity contribution in [2.24, 2.45) is 4.99 Å². The van der Waals surface area contributed by atoms with Gasteiger partial charge in [0, 0.05) is 4.47 Å². The number of nitrogens with zero attached hydrogens (tertiary/aromatic N) is 1. The topological polar surface area (TPSA) is 106 Å². The number of carboxylic acids is 1. The Balaban J connectivity index is 1.80. The van der Waals surface area contributed by atoms with Gasteiger partial charge in [0.2, 0.25) is 0 Å². The van der Waals surface area contributed by atoms with E-state index in [0.717, 1.165) is 5.75 Å². The predicted octanol–water partition coefficient (Wildman–Crippen LogP) is 4.21. The SMILES string of the molecule is CCOc1ccc(N=C2NC(=O)/C(=C\c3cc(OC)c(OCC(=O)O)cc3Br)S2)cc1. The largest absolute Gasteiger partial charge is 0.494 e. The maximum Gasteiger partial charge on any atom is 0.341 e. The number of hydrogen-bond donors (Lipinski definition) is 2. The van der Waals surface area contributed by atoms with Crippen LogP contribution in [-0.2, 0) is 9.59 Å². The third kappa shape index (κ3) is 6.02. The van der Waals surface area contributed by atoms with Gasteiger partial charge in [-0.1, -0.05) is 15.9 Å². The highest BCUT2D eigenvalue weighted by Gasteiger charge is 2.24. The van der Waals surface area contributed by atoms with Crippen molar-refractivity contribution in [3.05, 3.63) is 51.3 Å². The van der Waals surface area contributed by atoms with Crippen LogP contribution < -0.4 is 19.5 Å². The van der Waals surface area contributed by atoms with Crippen molar-refractivity contribution in [2.45, 2.75) is 6.92 Å². The van der Waals surface area contributed by atoms with Gasteiger partial charge in [0.05, 0.1) is 24.3 Å². The second-order valence-corrected chi connectivity index (χ2v) is 8.00. The number of aliphatic imine (C=N–C) groups is 1. The molecule has 0 spiro atoms. The molecule has 2 N–H and O–H groups in total. The fraction of sp³-hybridized carbons (Fsp3) is 0.190. The molecule has 0 aliphatic carbocycles. The standard InChI is InChI=1S/C21H19BrN2O6S/c1-3-29-14-6-4-13(5-7-14)23-21-24-20(27)18(31-21)9-12-8-16(28-2)17(10-15(12)22)30-11-19(25)26/h4-10H,3,11H2,1-2H3,(H,25,26)(H,23,24,27)/b18-9+. The van der Waals surface area contributed by atoms with Crippen molar-refractivity contribution in [3.8, 4) is 17.2 Å². The fourth-order valence-electron chi connectivity index (χ4n) is 2.60. The zero-order valence-electron chi connectivity index (χ0n) is 16.7. The second-order valence-electron chi connectivity index (χ2n) is 6.12. The number of thioether (sulfide) groups is 1. The van der Waals surface area contributed by atoms with E-state index in [2.05, 4.69) is 26.2 Å². The molecule has 0 bridgehead atoms. The smallest absolute Gasteiger partial charge is 0.341 e. The highest BCUT2D eigenvalue weighted by molar-refractivity contribution is 9.10. The minimum atomic E-state index is -1.09. The van der Waals surface area contributed by atoms with Crippen LogP contribution in [0.25, 0.3) is 6.08 Å². The molecule has 0 unspecified atom stereocenters. The number of methoxy groups -OCH3 is 1. The van der Waals surface area contributed by atoms with Gasteiger partial charge in [0.25, 0.3) is 5.91 Å². The number of hydrogen-bond acceptors (Lipinski definition) is 7. The summed E-state index contributed by atoms with van der Waals surface area (Å²) in [5.74, 6) is 0.0161. The van der Waals surface area contributed by atoms with Crippen molar-refractivity contribution in [1.29, 1.82) is 0 Å². The molecule has 0 radical (unpaired) electrons. The second kappa shape index (κ2) is 10.4. The summed E-state index contributed by atoms with van der Waals surface area (Å²) < 4.78 is 16.5. The Morgan fingerprint density at radius 2 is 1.97 bits per heavy atom. The number of ether oxygens (including phenoxy) is 3. The summed E-state index contributed by atoms with van der Waals surface area (Å²) in [7, 11) is 1.45. The van der Waals surface area contributed by atoms with Gasteiger partial charge >= 0.3 is 5.97 Å². The zero-order valence-corrected chi connectivity index (χ0v) is 19.1. The van der Waals surface area contributed by atoms with Crippen molar-refractivity contribution < 1.29 is 28.9 Å². The van der Waals surface area contributed by atoms with Crippen LogP contribution in [0.4, 0.5) is 5.69 Å². The Morgan fingerprint density at radius 1 is 1.23 bits per heavy atom. The molecular weight excluding hydrogens is 488 g/mol. The molecule has 31 heavy (non-hydrogen) atoms. The number of benzene rings is 2. The van der Waals surface area contributed by atoms with Crippen LogP contribution in [0, 0.1) is 0 Å². The highest BCUT2D eigenvalue weighted by Crippen LogP contribution is 2.36. The monoisotopic (exact) mass is 506 g/mol. The molecule has 1 heterocycles. The van der Waals surface area contributed by atoms with Crippen LogP contribution in [0.2, 0.25) is 0 Å². The summed E-state index contributed by atoms with van der Waals surface area (Å²) in [6.45, 7) is 2.01. The predicted molar refractivity (Wildman–Crippen MR) is 122 cm³/mol. The summed E-state index contributed by atoms with van der Waals surface area (Å²) in [5.41, 5.74) is 1.36. The van der Waals surface area contributed by atoms with Gasteiger partial charge in [-0.05, 0) is 66.7 Å². The van der Waals surface area contributed by atoms with E-state index < -0.39 is 12.6 Å². The number of aliphatic carboxylic acids is 1. The number of carboxylic acid groups (broad SMARTS) is 1. The molecule has 10 heteroatoms. The molecule has 0 aromatic heterocycles. The van der Waals surface area contributed by atoms with E-state index in [1.165, 1.54) is 18.9 Å². The van der Waals surface area contributed by atoms with Crippen LogP contribution in [0.3, 0.4) is 0 Å². The van der Waals surface area contributed by atoms with Crippen LogP contribution in [0.5, 0.6) is 17.2 Å². The summed E-state index contributed by atoms with van der Waals surface area (Å²) in [5, 5.41) is 12.0. The maximum atomic E-state index is 12.4. The summed E-state index contributed by atoms with van der Waals surface area (Å²) in [6, 6.07) is 10.5. The Morgan fingerprint density at radius 3 is 2.61 bits per heavy atom. The lowest BCUT2D eigenvalue weighted by Crippen LogP contribution is -2.19. The van der Waals surface area contributed by atoms with Crippen LogP contribution >= 0.6 is 27.7 Å². The lowest BCUT2D eigenvalue weighted by molar-refractivity contribution is -0.139. The Bertz CT molecular complexity index is 1050. The molecular formula is C21H19BrN2O6S. The Hall–Kier alpha value is -2.98. The lowest BCUT2D eigenvalue weighted by Gasteiger charge is -2.11. The third-order valence-corrected chi connectivity index (χ3v) is 5.55. The first-order valence-electron chi connectivity index (χ1n) is 9.14. The van der Waals surface area contributed by atoms with Crippen molar-refractivity contribution in [3.63, 3.8) is 0 Å². The van der Waals surface area contributed by atoms with Crippen LogP contribution in [-0.4, -0.2) is 42.5 Å². The molecule has 0 saturated carbocycles. The number of nitrogens with one attached hydrogen (secondary N) is 1. The number of rotatable bonds is 8. The molecule has 1 aliphatic heterocycles. The van der Waals surface area contributed by atoms with E-state index in [9.17, 15) is 9.59 Å². The number of carbonyl (C=O) groups is 2. The molecule has 1 amide bonds. The molecule has 8 nitrogen and oxygen atoms in total. The van der Waals surface area contributed by atoms with Crippen LogP contribution in [0.15, 0.2) is 50.8 Å². The Labute approximate surface area is 191 Å². The number of carbonyl (C=O) groups excluding carboxylic acids is 1. The molecule has 162 valence electrons. The van der Waals surface area contributed by atoms with Gasteiger partial charge in [-0.25, -0.2) is 9.79 Å². The van der Waals surface area contributed by atoms with Gasteiger partial charge in [-0.3, -0.25) is 4.79 Å². The van der Waals surface area contributed by atoms with Gasteiger partial charge < -0.3 is 24.6 Å². The van der Waals surface area contributed by atoms with Gasteiger partial charge in [-0.15, -0.1) is 0 Å². The summed E-state index contributed by atoms with van der Waals surface area (Å²) in [4.78, 5) is 28.0. The van der Waals surface area contributed by atoms with Gasteiger partial charge in [0.1, 0.15) is 5.75 Å². The number of halogens is 1. The Kier molecular flexibility index (Phi) is 7.59. The van der Waals surface area contributed by atoms with E-state index in [-0.39, 0.29) is 11.7 Å². The maximum absolute atomic E-state index is 12.4. The van der Waals surface area contributed by atoms with Gasteiger partial charge in [0.15, 0.2) is 23.3 Å². The first kappa shape index (κ1) is 22.7. The van der Waals surface area contributed by atoms with E-state index in [0.29, 0.717) is 38.2 Å². The van der Waals surface area contributed by atoms with Crippen molar-refractivity contribution >= 4 is 56.5 Å². The first-order chi connectivity index (χ1) is 14.9. The minimum Gasteiger partial charge on any atom is -0.494 e. The van der Waals surface area contributed by atoms with E-state index in [4.69, 9.17) is 19.3 Å². The third-order valence-electron chi connectivity index (χ3n) is 3.95. The average Bonchev–Trinajstić information content (AvgIpc) is 3.08. The van der Waals surface area contributed by atoms with E-state index >= 15 is 0 Å². The summed E-state index contributed by atoms with van der Waals surface area (Å²) in [6.07, 6.45) is 1.69. The minimum absolute atomic E-state index is 0.272. The molecule has 3 rings (SSSR count). The van der Waals surface area contributed by atoms with E-state index in [1.807, 2.05) is 31.2 Å². The average molecular weight is 507 g/mol. The first-order valence-corrected chi connectivity index (χ1v) is 10.7. The molecule has 2 aromatic carbocycles. The fourth-order valence-corrected chi connectivity index (χ4v) is 3.87. The quantitative estimate of drug-likeness (QED) is 0.516. The van der Waals surface area contributed by atoms with Crippen LogP contribution in [0.1, 0.15) is 12.5 Å². The number of amides is 1. The molecule has 1 aliphatic rings. The summed E-state index contributed by atoms with van der Waals surface area (Å²) >= 11 is 4.63. The molecule has 2 aromatic rings. The van der Waals surface area contributed by atoms with Crippen molar-refractivity contribution in [2.75, 3.05) is 20.3 Å². The lowest BCUT2D eigenvalue weighted by atomic mass is 10.2. The molecule has 1 saturated heterocycles. The number of amidine groups is 1. The molecule has 1 fully saturated rings.